The van der Waals surface area contributed by atoms with Crippen LogP contribution in [-0.4, -0.2) is 58.7 Å². The molecule has 5 rings (SSSR count). The lowest BCUT2D eigenvalue weighted by molar-refractivity contribution is -0.129. The number of carbonyl (C=O) groups is 3. The summed E-state index contributed by atoms with van der Waals surface area (Å²) >= 11 is 5.92. The second kappa shape index (κ2) is 9.76. The van der Waals surface area contributed by atoms with Crippen LogP contribution >= 0.6 is 11.6 Å². The Morgan fingerprint density at radius 1 is 1.26 bits per heavy atom. The van der Waals surface area contributed by atoms with E-state index in [1.165, 1.54) is 0 Å². The molecule has 0 bridgehead atoms. The quantitative estimate of drug-likeness (QED) is 0.388. The van der Waals surface area contributed by atoms with E-state index in [4.69, 9.17) is 11.6 Å². The molecule has 1 aromatic carbocycles. The van der Waals surface area contributed by atoms with E-state index in [2.05, 4.69) is 15.6 Å². The van der Waals surface area contributed by atoms with Gasteiger partial charge in [0.25, 0.3) is 5.91 Å². The predicted molar refractivity (Wildman–Crippen MR) is 127 cm³/mol. The highest BCUT2D eigenvalue weighted by Crippen LogP contribution is 2.50. The van der Waals surface area contributed by atoms with E-state index in [0.29, 0.717) is 19.0 Å². The summed E-state index contributed by atoms with van der Waals surface area (Å²) in [5.74, 6) is -8.77. The fraction of sp³-hybridized carbons (Fsp3) is 0.520. The van der Waals surface area contributed by atoms with Crippen LogP contribution in [0, 0.1) is 40.7 Å². The number of nitrogens with one attached hydrogen (secondary N) is 3. The van der Waals surface area contributed by atoms with Crippen LogP contribution < -0.4 is 10.6 Å². The maximum Gasteiger partial charge on any atom is 0.271 e. The number of hydrogen-bond donors (Lipinski definition) is 3. The highest BCUT2D eigenvalue weighted by molar-refractivity contribution is 6.35. The number of benzene rings is 1. The molecule has 8 nitrogen and oxygen atoms in total. The third kappa shape index (κ3) is 4.68. The second-order valence-electron chi connectivity index (χ2n) is 10.3. The number of halogens is 5. The molecule has 1 aromatic heterocycles. The first-order valence-corrected chi connectivity index (χ1v) is 12.7. The molecule has 0 unspecified atom stereocenters. The largest absolute Gasteiger partial charge is 0.356 e. The van der Waals surface area contributed by atoms with E-state index in [1.807, 2.05) is 6.07 Å². The normalized spacial score (nSPS) is 27.1. The average Bonchev–Trinajstić information content (AvgIpc) is 3.53. The number of carbonyl (C=O) groups excluding carboxylic acids is 3. The Morgan fingerprint density at radius 3 is 2.74 bits per heavy atom. The molecule has 1 saturated carbocycles. The Labute approximate surface area is 219 Å². The molecule has 13 heteroatoms. The molecule has 38 heavy (non-hydrogen) atoms. The zero-order valence-corrected chi connectivity index (χ0v) is 20.8. The molecular formula is C25H24ClF4N5O3. The van der Waals surface area contributed by atoms with Crippen LogP contribution in [-0.2, 0) is 9.59 Å². The lowest BCUT2D eigenvalue weighted by Crippen LogP contribution is -2.52. The number of fused-ring (bicyclic) bond motifs is 2. The molecule has 2 aliphatic heterocycles. The molecule has 3 heterocycles. The number of aromatic nitrogens is 1. The van der Waals surface area contributed by atoms with Crippen molar-refractivity contribution < 1.29 is 31.9 Å². The minimum absolute atomic E-state index is 0.0460. The lowest BCUT2D eigenvalue weighted by atomic mass is 9.90. The fourth-order valence-corrected chi connectivity index (χ4v) is 6.25. The SMILES string of the molecule is N#C[C@H](C[C@H]1CCCNC1=O)NC(=O)[C@H]1[C@@H]2CC(F)(F)C[C@@H]2CN1C(=O)c1cc2c(F)cc(F)c(Cl)c2[nH]1. The van der Waals surface area contributed by atoms with Gasteiger partial charge in [-0.05, 0) is 37.2 Å². The zero-order valence-electron chi connectivity index (χ0n) is 20.0. The van der Waals surface area contributed by atoms with Crippen molar-refractivity contribution in [2.24, 2.45) is 17.8 Å². The number of aromatic amines is 1. The smallest absolute Gasteiger partial charge is 0.271 e. The number of amides is 3. The molecule has 202 valence electrons. The van der Waals surface area contributed by atoms with Crippen LogP contribution in [0.1, 0.15) is 42.6 Å². The number of H-pyrrole nitrogens is 1. The number of nitriles is 1. The summed E-state index contributed by atoms with van der Waals surface area (Å²) in [6, 6.07) is 1.28. The van der Waals surface area contributed by atoms with Gasteiger partial charge in [0.2, 0.25) is 17.7 Å². The lowest BCUT2D eigenvalue weighted by Gasteiger charge is -2.29. The number of nitrogens with zero attached hydrogens (tertiary/aromatic N) is 2. The van der Waals surface area contributed by atoms with Gasteiger partial charge in [-0.25, -0.2) is 17.6 Å². The fourth-order valence-electron chi connectivity index (χ4n) is 6.05. The van der Waals surface area contributed by atoms with Gasteiger partial charge in [0, 0.05) is 43.3 Å². The molecule has 5 atom stereocenters. The van der Waals surface area contributed by atoms with E-state index >= 15 is 0 Å². The van der Waals surface area contributed by atoms with Crippen LogP contribution in [0.2, 0.25) is 5.02 Å². The number of rotatable bonds is 5. The van der Waals surface area contributed by atoms with E-state index in [9.17, 15) is 37.2 Å². The number of piperidine rings is 1. The topological polar surface area (TPSA) is 118 Å². The highest BCUT2D eigenvalue weighted by Gasteiger charge is 2.58. The molecule has 3 aliphatic rings. The van der Waals surface area contributed by atoms with Crippen molar-refractivity contribution in [1.29, 1.82) is 5.26 Å². The van der Waals surface area contributed by atoms with E-state index in [0.717, 1.165) is 17.4 Å². The molecule has 3 N–H and O–H groups in total. The first-order chi connectivity index (χ1) is 18.0. The van der Waals surface area contributed by atoms with Crippen LogP contribution in [0.5, 0.6) is 0 Å². The third-order valence-corrected chi connectivity index (χ3v) is 8.15. The van der Waals surface area contributed by atoms with Crippen molar-refractivity contribution in [3.63, 3.8) is 0 Å². The predicted octanol–water partition coefficient (Wildman–Crippen LogP) is 3.51. The Kier molecular flexibility index (Phi) is 6.75. The molecule has 1 aliphatic carbocycles. The Balaban J connectivity index is 1.41. The molecular weight excluding hydrogens is 530 g/mol. The highest BCUT2D eigenvalue weighted by atomic mass is 35.5. The monoisotopic (exact) mass is 553 g/mol. The third-order valence-electron chi connectivity index (χ3n) is 7.78. The summed E-state index contributed by atoms with van der Waals surface area (Å²) in [4.78, 5) is 42.8. The average molecular weight is 554 g/mol. The minimum atomic E-state index is -3.01. The van der Waals surface area contributed by atoms with Gasteiger partial charge in [0.05, 0.1) is 11.6 Å². The van der Waals surface area contributed by atoms with Gasteiger partial charge in [-0.2, -0.15) is 5.26 Å². The van der Waals surface area contributed by atoms with Crippen LogP contribution in [0.3, 0.4) is 0 Å². The molecule has 0 radical (unpaired) electrons. The zero-order chi connectivity index (χ0) is 27.4. The van der Waals surface area contributed by atoms with Crippen LogP contribution in [0.15, 0.2) is 12.1 Å². The van der Waals surface area contributed by atoms with Crippen molar-refractivity contribution >= 4 is 40.2 Å². The summed E-state index contributed by atoms with van der Waals surface area (Å²) in [7, 11) is 0. The van der Waals surface area contributed by atoms with Crippen LogP contribution in [0.4, 0.5) is 17.6 Å². The maximum absolute atomic E-state index is 14.3. The van der Waals surface area contributed by atoms with Gasteiger partial charge >= 0.3 is 0 Å². The van der Waals surface area contributed by atoms with Crippen LogP contribution in [0.25, 0.3) is 10.9 Å². The van der Waals surface area contributed by atoms with Crippen molar-refractivity contribution in [3.8, 4) is 6.07 Å². The van der Waals surface area contributed by atoms with Gasteiger partial charge < -0.3 is 20.5 Å². The Hall–Kier alpha value is -3.33. The van der Waals surface area contributed by atoms with E-state index in [1.54, 1.807) is 0 Å². The van der Waals surface area contributed by atoms with Gasteiger partial charge in [-0.15, -0.1) is 0 Å². The van der Waals surface area contributed by atoms with E-state index < -0.39 is 77.1 Å². The second-order valence-corrected chi connectivity index (χ2v) is 10.7. The summed E-state index contributed by atoms with van der Waals surface area (Å²) in [5, 5.41) is 14.3. The first-order valence-electron chi connectivity index (χ1n) is 12.3. The van der Waals surface area contributed by atoms with Gasteiger partial charge in [0.15, 0.2) is 0 Å². The van der Waals surface area contributed by atoms with Crippen molar-refractivity contribution in [1.82, 2.24) is 20.5 Å². The summed E-state index contributed by atoms with van der Waals surface area (Å²) in [6.07, 6.45) is 0.203. The van der Waals surface area contributed by atoms with Crippen molar-refractivity contribution in [3.05, 3.63) is 34.5 Å². The summed E-state index contributed by atoms with van der Waals surface area (Å²) < 4.78 is 56.8. The van der Waals surface area contributed by atoms with Gasteiger partial charge in [-0.1, -0.05) is 11.6 Å². The van der Waals surface area contributed by atoms with Crippen molar-refractivity contribution in [2.75, 3.05) is 13.1 Å². The molecule has 0 spiro atoms. The first kappa shape index (κ1) is 26.3. The molecule has 2 aromatic rings. The van der Waals surface area contributed by atoms with Gasteiger partial charge in [0.1, 0.15) is 34.4 Å². The van der Waals surface area contributed by atoms with Crippen molar-refractivity contribution in [2.45, 2.75) is 50.1 Å². The number of hydrogen-bond acceptors (Lipinski definition) is 4. The van der Waals surface area contributed by atoms with Gasteiger partial charge in [-0.3, -0.25) is 14.4 Å². The molecule has 3 fully saturated rings. The number of likely N-dealkylation sites (tertiary alicyclic amines) is 1. The summed E-state index contributed by atoms with van der Waals surface area (Å²) in [6.45, 7) is 0.379. The maximum atomic E-state index is 14.3. The molecule has 3 amide bonds. The summed E-state index contributed by atoms with van der Waals surface area (Å²) in [5.41, 5.74) is -0.332. The number of alkyl halides is 2. The Bertz CT molecular complexity index is 1360. The standard InChI is InChI=1S/C25H24ClF4N5O3/c26-19-17(28)6-16(27)14-5-18(34-20(14)19)24(38)35-10-12-7-25(29,30)8-15(12)21(35)23(37)33-13(9-31)4-11-2-1-3-32-22(11)36/h5-6,11-13,15,21,34H,1-4,7-8,10H2,(H,32,36)(H,33,37)/t11-,12-,13+,15-,21-/m1/s1. The molecule has 2 saturated heterocycles. The Morgan fingerprint density at radius 2 is 2.03 bits per heavy atom. The minimum Gasteiger partial charge on any atom is -0.356 e. The van der Waals surface area contributed by atoms with E-state index in [-0.39, 0.29) is 35.5 Å².